The Bertz CT molecular complexity index is 164. The highest BCUT2D eigenvalue weighted by atomic mass is 16.5. The Morgan fingerprint density at radius 2 is 1.57 bits per heavy atom. The summed E-state index contributed by atoms with van der Waals surface area (Å²) < 4.78 is 5.38. The molecule has 0 aromatic heterocycles. The Labute approximate surface area is 86.6 Å². The fraction of sp³-hybridized carbons (Fsp3) is 1.00. The average Bonchev–Trinajstić information content (AvgIpc) is 2.44. The smallest absolute Gasteiger partial charge is 0.0571 e. The van der Waals surface area contributed by atoms with Gasteiger partial charge in [-0.05, 0) is 37.5 Å². The molecule has 1 aliphatic carbocycles. The van der Waals surface area contributed by atoms with Gasteiger partial charge in [0.25, 0.3) is 0 Å². The van der Waals surface area contributed by atoms with Crippen LogP contribution in [0.3, 0.4) is 0 Å². The lowest BCUT2D eigenvalue weighted by Gasteiger charge is -2.32. The molecule has 14 heavy (non-hydrogen) atoms. The highest BCUT2D eigenvalue weighted by molar-refractivity contribution is 4.80. The van der Waals surface area contributed by atoms with Crippen LogP contribution in [0.25, 0.3) is 0 Å². The van der Waals surface area contributed by atoms with Crippen molar-refractivity contribution in [3.63, 3.8) is 0 Å². The Hall–Kier alpha value is -0.0800. The van der Waals surface area contributed by atoms with Gasteiger partial charge in [0.2, 0.25) is 0 Å². The van der Waals surface area contributed by atoms with Crippen molar-refractivity contribution < 1.29 is 9.84 Å². The lowest BCUT2D eigenvalue weighted by Crippen LogP contribution is -2.31. The molecular formula is C12H22O2. The fourth-order valence-electron chi connectivity index (χ4n) is 3.01. The molecule has 0 aromatic rings. The standard InChI is InChI=1S/C12H22O2/c13-12-5-3-1-2-4-11(12)10-6-8-14-9-7-10/h10-13H,1-9H2. The summed E-state index contributed by atoms with van der Waals surface area (Å²) in [6, 6.07) is 0. The fourth-order valence-corrected chi connectivity index (χ4v) is 3.01. The highest BCUT2D eigenvalue weighted by Crippen LogP contribution is 2.34. The van der Waals surface area contributed by atoms with Gasteiger partial charge in [0, 0.05) is 13.2 Å². The molecule has 2 heteroatoms. The van der Waals surface area contributed by atoms with Gasteiger partial charge in [-0.25, -0.2) is 0 Å². The third kappa shape index (κ3) is 2.48. The molecule has 2 fully saturated rings. The zero-order valence-corrected chi connectivity index (χ0v) is 8.95. The molecule has 1 heterocycles. The first-order valence-corrected chi connectivity index (χ1v) is 6.14. The maximum atomic E-state index is 10.1. The maximum absolute atomic E-state index is 10.1. The summed E-state index contributed by atoms with van der Waals surface area (Å²) in [6.07, 6.45) is 8.44. The molecule has 2 unspecified atom stereocenters. The van der Waals surface area contributed by atoms with Crippen molar-refractivity contribution in [2.75, 3.05) is 13.2 Å². The quantitative estimate of drug-likeness (QED) is 0.655. The van der Waals surface area contributed by atoms with Crippen molar-refractivity contribution in [1.82, 2.24) is 0 Å². The van der Waals surface area contributed by atoms with Crippen LogP contribution in [0.2, 0.25) is 0 Å². The van der Waals surface area contributed by atoms with Crippen LogP contribution in [0.5, 0.6) is 0 Å². The molecule has 1 aliphatic heterocycles. The second kappa shape index (κ2) is 5.13. The van der Waals surface area contributed by atoms with E-state index in [1.54, 1.807) is 0 Å². The summed E-state index contributed by atoms with van der Waals surface area (Å²) in [5.74, 6) is 1.30. The Morgan fingerprint density at radius 1 is 0.857 bits per heavy atom. The summed E-state index contributed by atoms with van der Waals surface area (Å²) in [5, 5.41) is 10.1. The van der Waals surface area contributed by atoms with Gasteiger partial charge in [-0.15, -0.1) is 0 Å². The van der Waals surface area contributed by atoms with Gasteiger partial charge in [0.1, 0.15) is 0 Å². The van der Waals surface area contributed by atoms with E-state index in [4.69, 9.17) is 4.74 Å². The van der Waals surface area contributed by atoms with Crippen molar-refractivity contribution in [2.24, 2.45) is 11.8 Å². The summed E-state index contributed by atoms with van der Waals surface area (Å²) in [6.45, 7) is 1.82. The third-order valence-corrected chi connectivity index (χ3v) is 3.90. The van der Waals surface area contributed by atoms with Crippen molar-refractivity contribution in [3.8, 4) is 0 Å². The number of aliphatic hydroxyl groups excluding tert-OH is 1. The van der Waals surface area contributed by atoms with E-state index in [2.05, 4.69) is 0 Å². The SMILES string of the molecule is OC1CCCCCC1C1CCOCC1. The topological polar surface area (TPSA) is 29.5 Å². The van der Waals surface area contributed by atoms with Crippen LogP contribution in [-0.4, -0.2) is 24.4 Å². The normalized spacial score (nSPS) is 36.6. The van der Waals surface area contributed by atoms with E-state index in [9.17, 15) is 5.11 Å². The Balaban J connectivity index is 1.91. The first-order valence-electron chi connectivity index (χ1n) is 6.14. The van der Waals surface area contributed by atoms with Gasteiger partial charge < -0.3 is 9.84 Å². The van der Waals surface area contributed by atoms with E-state index in [0.29, 0.717) is 5.92 Å². The van der Waals surface area contributed by atoms with E-state index in [1.165, 1.54) is 38.5 Å². The van der Waals surface area contributed by atoms with E-state index in [0.717, 1.165) is 25.6 Å². The molecule has 2 rings (SSSR count). The van der Waals surface area contributed by atoms with Gasteiger partial charge in [-0.3, -0.25) is 0 Å². The third-order valence-electron chi connectivity index (χ3n) is 3.90. The zero-order valence-electron chi connectivity index (χ0n) is 8.95. The second-order valence-corrected chi connectivity index (χ2v) is 4.82. The van der Waals surface area contributed by atoms with E-state index >= 15 is 0 Å². The molecule has 82 valence electrons. The molecule has 0 spiro atoms. The largest absolute Gasteiger partial charge is 0.393 e. The molecule has 2 atom stereocenters. The number of hydrogen-bond acceptors (Lipinski definition) is 2. The minimum atomic E-state index is -0.0272. The minimum Gasteiger partial charge on any atom is -0.393 e. The summed E-state index contributed by atoms with van der Waals surface area (Å²) in [7, 11) is 0. The van der Waals surface area contributed by atoms with Crippen molar-refractivity contribution in [2.45, 2.75) is 51.0 Å². The maximum Gasteiger partial charge on any atom is 0.0571 e. The molecule has 0 bridgehead atoms. The molecule has 1 saturated heterocycles. The van der Waals surface area contributed by atoms with E-state index in [1.807, 2.05) is 0 Å². The van der Waals surface area contributed by atoms with Gasteiger partial charge in [0.15, 0.2) is 0 Å². The Kier molecular flexibility index (Phi) is 3.82. The van der Waals surface area contributed by atoms with Crippen molar-refractivity contribution >= 4 is 0 Å². The second-order valence-electron chi connectivity index (χ2n) is 4.82. The summed E-state index contributed by atoms with van der Waals surface area (Å²) in [4.78, 5) is 0. The highest BCUT2D eigenvalue weighted by Gasteiger charge is 2.30. The molecule has 2 aliphatic rings. The molecule has 2 nitrogen and oxygen atoms in total. The first kappa shape index (κ1) is 10.4. The van der Waals surface area contributed by atoms with Crippen molar-refractivity contribution in [1.29, 1.82) is 0 Å². The lowest BCUT2D eigenvalue weighted by molar-refractivity contribution is 0.00185. The van der Waals surface area contributed by atoms with Crippen LogP contribution in [0.1, 0.15) is 44.9 Å². The minimum absolute atomic E-state index is 0.0272. The molecular weight excluding hydrogens is 176 g/mol. The number of ether oxygens (including phenoxy) is 1. The van der Waals surface area contributed by atoms with Crippen LogP contribution < -0.4 is 0 Å². The van der Waals surface area contributed by atoms with Gasteiger partial charge in [0.05, 0.1) is 6.10 Å². The van der Waals surface area contributed by atoms with Crippen molar-refractivity contribution in [3.05, 3.63) is 0 Å². The summed E-state index contributed by atoms with van der Waals surface area (Å²) >= 11 is 0. The molecule has 1 N–H and O–H groups in total. The van der Waals surface area contributed by atoms with Crippen LogP contribution in [-0.2, 0) is 4.74 Å². The molecule has 0 aromatic carbocycles. The van der Waals surface area contributed by atoms with E-state index < -0.39 is 0 Å². The monoisotopic (exact) mass is 198 g/mol. The van der Waals surface area contributed by atoms with Gasteiger partial charge in [-0.2, -0.15) is 0 Å². The van der Waals surface area contributed by atoms with Crippen LogP contribution in [0, 0.1) is 11.8 Å². The van der Waals surface area contributed by atoms with Gasteiger partial charge >= 0.3 is 0 Å². The van der Waals surface area contributed by atoms with Crippen LogP contribution in [0.15, 0.2) is 0 Å². The Morgan fingerprint density at radius 3 is 2.36 bits per heavy atom. The summed E-state index contributed by atoms with van der Waals surface area (Å²) in [5.41, 5.74) is 0. The molecule has 0 radical (unpaired) electrons. The predicted octanol–water partition coefficient (Wildman–Crippen LogP) is 2.35. The lowest BCUT2D eigenvalue weighted by atomic mass is 9.80. The predicted molar refractivity (Wildman–Crippen MR) is 56.1 cm³/mol. The van der Waals surface area contributed by atoms with E-state index in [-0.39, 0.29) is 6.10 Å². The average molecular weight is 198 g/mol. The first-order chi connectivity index (χ1) is 6.88. The number of rotatable bonds is 1. The molecule has 1 saturated carbocycles. The van der Waals surface area contributed by atoms with Crippen LogP contribution in [0.4, 0.5) is 0 Å². The van der Waals surface area contributed by atoms with Crippen LogP contribution >= 0.6 is 0 Å². The number of hydrogen-bond donors (Lipinski definition) is 1. The van der Waals surface area contributed by atoms with Gasteiger partial charge in [-0.1, -0.05) is 19.3 Å². The molecule has 0 amide bonds. The number of aliphatic hydroxyl groups is 1. The zero-order chi connectivity index (χ0) is 9.80.